The van der Waals surface area contributed by atoms with Crippen molar-refractivity contribution in [2.45, 2.75) is 51.1 Å². The number of methoxy groups -OCH3 is 1. The summed E-state index contributed by atoms with van der Waals surface area (Å²) in [7, 11) is 1.33. The summed E-state index contributed by atoms with van der Waals surface area (Å²) in [5.74, 6) is 1.10. The number of pyridine rings is 1. The first kappa shape index (κ1) is 28.6. The van der Waals surface area contributed by atoms with Crippen molar-refractivity contribution in [2.75, 3.05) is 62.3 Å². The van der Waals surface area contributed by atoms with E-state index in [0.717, 1.165) is 45.4 Å². The van der Waals surface area contributed by atoms with Crippen LogP contribution in [0.4, 0.5) is 17.5 Å². The van der Waals surface area contributed by atoms with Gasteiger partial charge in [0.2, 0.25) is 0 Å². The lowest BCUT2D eigenvalue weighted by atomic mass is 9.97. The number of hydrogen-bond acceptors (Lipinski definition) is 10. The number of esters is 1. The summed E-state index contributed by atoms with van der Waals surface area (Å²) in [5.41, 5.74) is 6.46. The van der Waals surface area contributed by atoms with Gasteiger partial charge in [-0.3, -0.25) is 9.69 Å². The third-order valence-electron chi connectivity index (χ3n) is 8.11. The van der Waals surface area contributed by atoms with Crippen molar-refractivity contribution in [1.29, 1.82) is 0 Å². The molecule has 13 heteroatoms. The Morgan fingerprint density at radius 3 is 2.48 bits per heavy atom. The van der Waals surface area contributed by atoms with E-state index in [1.165, 1.54) is 20.0 Å². The molecule has 0 radical (unpaired) electrons. The maximum Gasteiger partial charge on any atom is 0.360 e. The van der Waals surface area contributed by atoms with Crippen molar-refractivity contribution in [3.05, 3.63) is 33.7 Å². The smallest absolute Gasteiger partial charge is 0.360 e. The van der Waals surface area contributed by atoms with Crippen molar-refractivity contribution in [1.82, 2.24) is 24.8 Å². The predicted octanol–water partition coefficient (Wildman–Crippen LogP) is 3.57. The van der Waals surface area contributed by atoms with Gasteiger partial charge in [0.15, 0.2) is 22.5 Å². The highest BCUT2D eigenvalue weighted by Crippen LogP contribution is 2.33. The average molecular weight is 592 g/mol. The van der Waals surface area contributed by atoms with E-state index in [1.807, 2.05) is 4.90 Å². The first-order valence-electron chi connectivity index (χ1n) is 13.9. The molecule has 1 amide bonds. The van der Waals surface area contributed by atoms with Gasteiger partial charge in [-0.05, 0) is 50.2 Å². The first-order valence-corrected chi connectivity index (χ1v) is 14.7. The molecule has 2 saturated heterocycles. The van der Waals surface area contributed by atoms with Crippen LogP contribution in [-0.2, 0) is 4.74 Å². The van der Waals surface area contributed by atoms with Crippen LogP contribution in [0, 0.1) is 5.92 Å². The van der Waals surface area contributed by atoms with Gasteiger partial charge in [0.1, 0.15) is 11.0 Å². The number of carbonyl (C=O) groups excluding carboxylic acids is 2. The van der Waals surface area contributed by atoms with E-state index in [0.29, 0.717) is 42.2 Å². The highest BCUT2D eigenvalue weighted by atomic mass is 35.5. The average Bonchev–Trinajstić information content (AvgIpc) is 3.80. The molecule has 2 aromatic rings. The third kappa shape index (κ3) is 6.21. The number of hydrogen-bond donors (Lipinski definition) is 2. The van der Waals surface area contributed by atoms with Gasteiger partial charge in [-0.25, -0.2) is 19.7 Å². The van der Waals surface area contributed by atoms with Crippen LogP contribution in [0.3, 0.4) is 0 Å². The molecule has 0 aromatic carbocycles. The molecule has 216 valence electrons. The normalized spacial score (nSPS) is 20.4. The summed E-state index contributed by atoms with van der Waals surface area (Å²) >= 11 is 12.5. The lowest BCUT2D eigenvalue weighted by molar-refractivity contribution is 0.0490. The van der Waals surface area contributed by atoms with Gasteiger partial charge in [0, 0.05) is 51.4 Å². The lowest BCUT2D eigenvalue weighted by Crippen LogP contribution is -2.58. The number of carbonyl (C=O) groups is 2. The number of halogens is 2. The summed E-state index contributed by atoms with van der Waals surface area (Å²) in [6.07, 6.45) is 5.07. The Morgan fingerprint density at radius 1 is 1.07 bits per heavy atom. The second-order valence-corrected chi connectivity index (χ2v) is 11.4. The van der Waals surface area contributed by atoms with Crippen molar-refractivity contribution >= 4 is 52.5 Å². The number of nitrogens with two attached hydrogens (primary N) is 1. The largest absolute Gasteiger partial charge is 0.464 e. The molecule has 1 atom stereocenters. The number of nitrogens with one attached hydrogen (secondary N) is 1. The van der Waals surface area contributed by atoms with Gasteiger partial charge in [0.25, 0.3) is 5.91 Å². The number of ether oxygens (including phenoxy) is 1. The minimum absolute atomic E-state index is 0.105. The Balaban J connectivity index is 1.24. The van der Waals surface area contributed by atoms with Crippen LogP contribution in [0.2, 0.25) is 10.3 Å². The minimum atomic E-state index is -0.560. The van der Waals surface area contributed by atoms with E-state index in [1.54, 1.807) is 12.1 Å². The molecular weight excluding hydrogens is 555 g/mol. The molecule has 1 aliphatic carbocycles. The number of rotatable bonds is 8. The van der Waals surface area contributed by atoms with Gasteiger partial charge < -0.3 is 25.6 Å². The van der Waals surface area contributed by atoms with Crippen LogP contribution in [0.5, 0.6) is 0 Å². The SMILES string of the molecule is CC[C@H]1CN(c2nc(NCC3CC3)c(C(=O)OC)nc2Cl)CCN1C1CCN(C(=O)c2ccc(Cl)nc2N)CC1. The Hall–Kier alpha value is -2.89. The minimum Gasteiger partial charge on any atom is -0.464 e. The molecule has 0 bridgehead atoms. The van der Waals surface area contributed by atoms with Gasteiger partial charge in [-0.2, -0.15) is 0 Å². The molecule has 2 aromatic heterocycles. The van der Waals surface area contributed by atoms with E-state index in [4.69, 9.17) is 38.7 Å². The summed E-state index contributed by atoms with van der Waals surface area (Å²) in [6.45, 7) is 6.56. The summed E-state index contributed by atoms with van der Waals surface area (Å²) in [5, 5.41) is 3.76. The quantitative estimate of drug-likeness (QED) is 0.347. The standard InChI is InChI=1S/C27H36Cl2N8O3/c1-3-17-15-36(25-22(29)33-21(27(39)40-2)24(34-25)31-14-16-4-5-16)12-13-37(17)18-8-10-35(11-9-18)26(38)19-6-7-20(28)32-23(19)30/h6-7,16-18H,3-5,8-15H2,1-2H3,(H2,30,32)(H,31,34)/t17-/m0/s1. The fraction of sp³-hybridized carbons (Fsp3) is 0.593. The van der Waals surface area contributed by atoms with Crippen LogP contribution in [-0.4, -0.2) is 95.1 Å². The Kier molecular flexibility index (Phi) is 8.82. The Labute approximate surface area is 244 Å². The zero-order valence-electron chi connectivity index (χ0n) is 22.9. The molecule has 3 N–H and O–H groups in total. The number of piperazine rings is 1. The maximum absolute atomic E-state index is 13.1. The molecule has 0 spiro atoms. The molecule has 3 aliphatic rings. The van der Waals surface area contributed by atoms with Gasteiger partial charge in [-0.15, -0.1) is 0 Å². The summed E-state index contributed by atoms with van der Waals surface area (Å²) in [6, 6.07) is 3.90. The Morgan fingerprint density at radius 2 is 1.82 bits per heavy atom. The predicted molar refractivity (Wildman–Crippen MR) is 155 cm³/mol. The highest BCUT2D eigenvalue weighted by Gasteiger charge is 2.36. The van der Waals surface area contributed by atoms with Crippen LogP contribution in [0.1, 0.15) is 59.9 Å². The van der Waals surface area contributed by atoms with E-state index < -0.39 is 5.97 Å². The third-order valence-corrected chi connectivity index (χ3v) is 8.58. The number of anilines is 3. The second-order valence-electron chi connectivity index (χ2n) is 10.7. The van der Waals surface area contributed by atoms with E-state index >= 15 is 0 Å². The van der Waals surface area contributed by atoms with Crippen molar-refractivity contribution < 1.29 is 14.3 Å². The Bertz CT molecular complexity index is 1250. The molecule has 4 heterocycles. The first-order chi connectivity index (χ1) is 19.3. The molecule has 11 nitrogen and oxygen atoms in total. The fourth-order valence-electron chi connectivity index (χ4n) is 5.64. The monoisotopic (exact) mass is 590 g/mol. The van der Waals surface area contributed by atoms with Crippen LogP contribution >= 0.6 is 23.2 Å². The fourth-order valence-corrected chi connectivity index (χ4v) is 6.04. The van der Waals surface area contributed by atoms with E-state index in [9.17, 15) is 9.59 Å². The zero-order valence-corrected chi connectivity index (χ0v) is 24.4. The molecule has 1 saturated carbocycles. The second kappa shape index (κ2) is 12.3. The van der Waals surface area contributed by atoms with E-state index in [2.05, 4.69) is 32.0 Å². The van der Waals surface area contributed by atoms with Crippen molar-refractivity contribution in [3.8, 4) is 0 Å². The zero-order chi connectivity index (χ0) is 28.4. The topological polar surface area (TPSA) is 130 Å². The number of piperidine rings is 1. The van der Waals surface area contributed by atoms with Gasteiger partial charge in [0.05, 0.1) is 12.7 Å². The molecule has 5 rings (SSSR count). The van der Waals surface area contributed by atoms with Crippen molar-refractivity contribution in [2.24, 2.45) is 5.92 Å². The summed E-state index contributed by atoms with van der Waals surface area (Å²) < 4.78 is 4.91. The molecule has 2 aliphatic heterocycles. The number of nitrogens with zero attached hydrogens (tertiary/aromatic N) is 6. The number of amides is 1. The molecule has 40 heavy (non-hydrogen) atoms. The highest BCUT2D eigenvalue weighted by molar-refractivity contribution is 6.32. The number of likely N-dealkylation sites (tertiary alicyclic amines) is 1. The summed E-state index contributed by atoms with van der Waals surface area (Å²) in [4.78, 5) is 45.2. The maximum atomic E-state index is 13.1. The van der Waals surface area contributed by atoms with Crippen LogP contribution < -0.4 is 16.0 Å². The molecule has 3 fully saturated rings. The van der Waals surface area contributed by atoms with Gasteiger partial charge >= 0.3 is 5.97 Å². The number of nitrogen functional groups attached to an aromatic ring is 1. The van der Waals surface area contributed by atoms with Crippen molar-refractivity contribution in [3.63, 3.8) is 0 Å². The number of aromatic nitrogens is 3. The molecular formula is C27H36Cl2N8O3. The lowest BCUT2D eigenvalue weighted by Gasteiger charge is -2.47. The van der Waals surface area contributed by atoms with E-state index in [-0.39, 0.29) is 33.8 Å². The van der Waals surface area contributed by atoms with Crippen LogP contribution in [0.25, 0.3) is 0 Å². The molecule has 0 unspecified atom stereocenters. The van der Waals surface area contributed by atoms with Crippen LogP contribution in [0.15, 0.2) is 12.1 Å². The van der Waals surface area contributed by atoms with Gasteiger partial charge in [-0.1, -0.05) is 30.1 Å².